The molecular formula is C82H86BrN5O8. The first-order valence-corrected chi connectivity index (χ1v) is 33.6. The number of aromatic nitrogens is 5. The minimum absolute atomic E-state index is 0.119. The van der Waals surface area contributed by atoms with Crippen LogP contribution in [0.15, 0.2) is 247 Å². The second-order valence-corrected chi connectivity index (χ2v) is 25.5. The fraction of sp³-hybridized carbons (Fsp3) is 0.268. The lowest BCUT2D eigenvalue weighted by atomic mass is 9.68. The molecule has 13 nitrogen and oxygen atoms in total. The van der Waals surface area contributed by atoms with Crippen LogP contribution in [0, 0.1) is 17.8 Å². The number of hydrogen-bond acceptors (Lipinski definition) is 13. The number of rotatable bonds is 25. The molecule has 14 heteroatoms. The third kappa shape index (κ3) is 17.1. The highest BCUT2D eigenvalue weighted by atomic mass is 79.9. The third-order valence-electron chi connectivity index (χ3n) is 18.4. The monoisotopic (exact) mass is 1350 g/mol. The highest BCUT2D eigenvalue weighted by molar-refractivity contribution is 9.08. The fourth-order valence-electron chi connectivity index (χ4n) is 11.4. The Labute approximate surface area is 574 Å². The van der Waals surface area contributed by atoms with Gasteiger partial charge >= 0.3 is 5.97 Å². The molecule has 5 aromatic heterocycles. The highest BCUT2D eigenvalue weighted by Crippen LogP contribution is 2.43. The molecule has 0 saturated carbocycles. The van der Waals surface area contributed by atoms with Crippen LogP contribution >= 0.6 is 15.9 Å². The molecular weight excluding hydrogens is 1260 g/mol. The van der Waals surface area contributed by atoms with Gasteiger partial charge in [0.05, 0.1) is 36.5 Å². The summed E-state index contributed by atoms with van der Waals surface area (Å²) >= 11 is 3.41. The fourth-order valence-corrected chi connectivity index (χ4v) is 11.7. The van der Waals surface area contributed by atoms with Crippen molar-refractivity contribution in [2.24, 2.45) is 17.8 Å². The molecule has 0 aliphatic heterocycles. The maximum Gasteiger partial charge on any atom is 0.360 e. The van der Waals surface area contributed by atoms with Crippen LogP contribution in [0.4, 0.5) is 0 Å². The van der Waals surface area contributed by atoms with Gasteiger partial charge in [-0.1, -0.05) is 223 Å². The summed E-state index contributed by atoms with van der Waals surface area (Å²) in [5.74, 6) is 5.16. The predicted molar refractivity (Wildman–Crippen MR) is 384 cm³/mol. The third-order valence-corrected chi connectivity index (χ3v) is 19.0. The van der Waals surface area contributed by atoms with Gasteiger partial charge in [0, 0.05) is 69.0 Å². The van der Waals surface area contributed by atoms with Crippen LogP contribution in [0.5, 0.6) is 17.2 Å². The molecule has 0 spiro atoms. The van der Waals surface area contributed by atoms with Gasteiger partial charge in [0.15, 0.2) is 17.2 Å². The van der Waals surface area contributed by atoms with Crippen molar-refractivity contribution in [2.45, 2.75) is 111 Å². The minimum atomic E-state index is -0.487. The van der Waals surface area contributed by atoms with Crippen LogP contribution in [-0.4, -0.2) is 45.0 Å². The molecule has 6 aromatic carbocycles. The van der Waals surface area contributed by atoms with Gasteiger partial charge in [-0.15, -0.1) is 0 Å². The van der Waals surface area contributed by atoms with Crippen LogP contribution in [-0.2, 0) is 50.9 Å². The summed E-state index contributed by atoms with van der Waals surface area (Å²) in [6, 6.07) is 71.5. The summed E-state index contributed by atoms with van der Waals surface area (Å²) < 4.78 is 38.8. The molecule has 11 aromatic rings. The number of carbonyl (C=O) groups is 1. The van der Waals surface area contributed by atoms with Gasteiger partial charge in [0.25, 0.3) is 0 Å². The maximum absolute atomic E-state index is 11.9. The van der Waals surface area contributed by atoms with E-state index in [1.165, 1.54) is 33.4 Å². The molecule has 11 rings (SSSR count). The molecule has 0 radical (unpaired) electrons. The van der Waals surface area contributed by atoms with E-state index in [-0.39, 0.29) is 21.9 Å². The van der Waals surface area contributed by atoms with E-state index in [1.807, 2.05) is 109 Å². The lowest BCUT2D eigenvalue weighted by Crippen LogP contribution is -2.30. The number of hydrogen-bond donors (Lipinski definition) is 0. The number of benzene rings is 6. The molecule has 0 saturated heterocycles. The predicted octanol–water partition coefficient (Wildman–Crippen LogP) is 19.9. The van der Waals surface area contributed by atoms with Crippen molar-refractivity contribution in [1.82, 2.24) is 25.3 Å². The normalized spacial score (nSPS) is 13.0. The van der Waals surface area contributed by atoms with Gasteiger partial charge in [-0.25, -0.2) is 4.79 Å². The number of halogens is 1. The number of methoxy groups -OCH3 is 1. The minimum Gasteiger partial charge on any atom is -0.497 e. The van der Waals surface area contributed by atoms with Crippen molar-refractivity contribution in [2.75, 3.05) is 13.7 Å². The van der Waals surface area contributed by atoms with E-state index in [0.717, 1.165) is 62.5 Å². The van der Waals surface area contributed by atoms with E-state index < -0.39 is 5.97 Å². The van der Waals surface area contributed by atoms with Gasteiger partial charge < -0.3 is 32.7 Å². The Hall–Kier alpha value is -9.92. The molecule has 0 amide bonds. The number of alkyl halides is 1. The van der Waals surface area contributed by atoms with Gasteiger partial charge in [-0.3, -0.25) is 15.0 Å². The van der Waals surface area contributed by atoms with E-state index in [4.69, 9.17) is 32.7 Å². The van der Waals surface area contributed by atoms with E-state index in [2.05, 4.69) is 207 Å². The van der Waals surface area contributed by atoms with Gasteiger partial charge in [0.2, 0.25) is 0 Å². The van der Waals surface area contributed by atoms with Crippen molar-refractivity contribution in [3.05, 3.63) is 305 Å². The largest absolute Gasteiger partial charge is 0.497 e. The molecule has 0 aliphatic carbocycles. The van der Waals surface area contributed by atoms with Crippen LogP contribution in [0.2, 0.25) is 0 Å². The molecule has 5 heterocycles. The Morgan fingerprint density at radius 2 is 0.792 bits per heavy atom. The van der Waals surface area contributed by atoms with Gasteiger partial charge in [-0.2, -0.15) is 0 Å². The van der Waals surface area contributed by atoms with Crippen molar-refractivity contribution in [3.8, 4) is 39.9 Å². The van der Waals surface area contributed by atoms with Crippen LogP contribution < -0.4 is 14.2 Å². The van der Waals surface area contributed by atoms with E-state index in [0.29, 0.717) is 61.0 Å². The van der Waals surface area contributed by atoms with Crippen molar-refractivity contribution in [1.29, 1.82) is 0 Å². The summed E-state index contributed by atoms with van der Waals surface area (Å²) in [5, 5.41) is 8.58. The summed E-state index contributed by atoms with van der Waals surface area (Å²) in [6.07, 6.45) is 5.33. The molecule has 0 N–H and O–H groups in total. The smallest absolute Gasteiger partial charge is 0.360 e. The number of esters is 1. The van der Waals surface area contributed by atoms with E-state index in [9.17, 15) is 4.79 Å². The van der Waals surface area contributed by atoms with Gasteiger partial charge in [0.1, 0.15) is 42.8 Å². The van der Waals surface area contributed by atoms with Crippen LogP contribution in [0.25, 0.3) is 28.4 Å². The topological polar surface area (TPSA) is 154 Å². The summed E-state index contributed by atoms with van der Waals surface area (Å²) in [4.78, 5) is 24.8. The molecule has 0 aliphatic rings. The zero-order valence-electron chi connectivity index (χ0n) is 56.8. The first-order valence-electron chi connectivity index (χ1n) is 32.5. The summed E-state index contributed by atoms with van der Waals surface area (Å²) in [7, 11) is 1.64. The second-order valence-electron chi connectivity index (χ2n) is 24.9. The zero-order chi connectivity index (χ0) is 68.2. The van der Waals surface area contributed by atoms with E-state index >= 15 is 0 Å². The highest BCUT2D eigenvalue weighted by Gasteiger charge is 2.35. The zero-order valence-corrected chi connectivity index (χ0v) is 58.4. The number of nitrogens with zero attached hydrogens (tertiary/aromatic N) is 5. The molecule has 96 heavy (non-hydrogen) atoms. The van der Waals surface area contributed by atoms with Crippen LogP contribution in [0.1, 0.15) is 141 Å². The van der Waals surface area contributed by atoms with E-state index in [1.54, 1.807) is 38.7 Å². The number of ether oxygens (including phenoxy) is 5. The van der Waals surface area contributed by atoms with Crippen molar-refractivity contribution >= 4 is 27.7 Å². The molecule has 3 atom stereocenters. The Morgan fingerprint density at radius 1 is 0.458 bits per heavy atom. The lowest BCUT2D eigenvalue weighted by molar-refractivity contribution is 0.0514. The average molecular weight is 1350 g/mol. The first-order chi connectivity index (χ1) is 46.4. The summed E-state index contributed by atoms with van der Waals surface area (Å²) in [6.45, 7) is 27.7. The number of carbonyl (C=O) groups excluding carboxylic acids is 1. The SMILES string of the molecule is C=C(OC)c1ccc(C(C)(c2ccc(OCc3ccccn3)cc2)C(C)C)cc1.CC(C)C(C)(c1ccc(OCc2ccccn2)cc1)c1ccc(-c2cc(CBr)no2)cc1.CCOC(=O)c1cc(-c2ccc(C(C)(c3ccc(OCc4ccccn4)cc3)C(C)C)cc2)on1. The maximum atomic E-state index is 11.9. The summed E-state index contributed by atoms with van der Waals surface area (Å²) in [5.41, 5.74) is 13.6. The second kappa shape index (κ2) is 33.0. The molecule has 3 unspecified atom stereocenters. The Bertz CT molecular complexity index is 4180. The first kappa shape index (κ1) is 70.4. The molecule has 494 valence electrons. The average Bonchev–Trinajstić information content (AvgIpc) is 1.17. The molecule has 0 fully saturated rings. The lowest BCUT2D eigenvalue weighted by Gasteiger charge is -2.35. The van der Waals surface area contributed by atoms with Crippen molar-refractivity contribution in [3.63, 3.8) is 0 Å². The van der Waals surface area contributed by atoms with Crippen LogP contribution in [0.3, 0.4) is 0 Å². The Morgan fingerprint density at radius 3 is 1.09 bits per heavy atom. The van der Waals surface area contributed by atoms with Gasteiger partial charge in [-0.05, 0) is 131 Å². The number of pyridine rings is 3. The quantitative estimate of drug-likeness (QED) is 0.0303. The molecule has 0 bridgehead atoms. The van der Waals surface area contributed by atoms with Crippen molar-refractivity contribution < 1.29 is 37.5 Å². The standard InChI is InChI=1S/C29H30N2O4.C27H27BrN2O2.C26H29NO2/c1-5-33-28(32)26-18-27(35-31-26)21-9-11-22(12-10-21)29(4,20(2)3)23-13-15-25(16-14-23)34-19-24-8-6-7-17-30-24;1-19(2)27(3,21-9-7-20(8-10-21)26-16-24(17-28)30-32-26)22-11-13-25(14-12-22)31-18-23-6-4-5-15-29-23;1-19(2)26(4,22-11-9-21(10-12-22)20(3)28-5)23-13-15-25(16-14-23)29-18-24-8-6-7-17-27-24/h6-18,20H,5,19H2,1-4H3;4-16,19H,17-18H2,1-3H3;6-17,19H,3,18H2,1-2,4-5H3. The Balaban J connectivity index is 0.000000170. The Kier molecular flexibility index (Phi) is 24.2.